The highest BCUT2D eigenvalue weighted by atomic mass is 16.5. The SMILES string of the molecule is COc1ccc(-c2noc(CN(C(=O)c3ccc(C)cc3)C3CCCCC3)n2)cc1. The second-order valence-electron chi connectivity index (χ2n) is 7.83. The Morgan fingerprint density at radius 2 is 1.77 bits per heavy atom. The summed E-state index contributed by atoms with van der Waals surface area (Å²) in [6.07, 6.45) is 5.53. The van der Waals surface area contributed by atoms with E-state index in [1.54, 1.807) is 7.11 Å². The molecule has 0 radical (unpaired) electrons. The van der Waals surface area contributed by atoms with E-state index in [0.717, 1.165) is 42.6 Å². The van der Waals surface area contributed by atoms with Crippen molar-refractivity contribution in [2.45, 2.75) is 51.6 Å². The van der Waals surface area contributed by atoms with Gasteiger partial charge in [-0.3, -0.25) is 4.79 Å². The normalized spacial score (nSPS) is 14.5. The number of rotatable bonds is 6. The molecule has 1 aliphatic rings. The van der Waals surface area contributed by atoms with Crippen LogP contribution in [0.1, 0.15) is 53.9 Å². The van der Waals surface area contributed by atoms with Gasteiger partial charge in [0.1, 0.15) is 12.3 Å². The first-order valence-electron chi connectivity index (χ1n) is 10.5. The van der Waals surface area contributed by atoms with E-state index >= 15 is 0 Å². The van der Waals surface area contributed by atoms with Gasteiger partial charge < -0.3 is 14.2 Å². The highest BCUT2D eigenvalue weighted by Gasteiger charge is 2.28. The number of aromatic nitrogens is 2. The average Bonchev–Trinajstić information content (AvgIpc) is 3.27. The Morgan fingerprint density at radius 1 is 1.07 bits per heavy atom. The first kappa shape index (κ1) is 20.1. The van der Waals surface area contributed by atoms with Gasteiger partial charge >= 0.3 is 0 Å². The number of aryl methyl sites for hydroxylation is 1. The van der Waals surface area contributed by atoms with E-state index in [4.69, 9.17) is 9.26 Å². The molecule has 1 aliphatic carbocycles. The van der Waals surface area contributed by atoms with Gasteiger partial charge in [-0.25, -0.2) is 0 Å². The van der Waals surface area contributed by atoms with Gasteiger partial charge in [0.25, 0.3) is 5.91 Å². The van der Waals surface area contributed by atoms with Crippen molar-refractivity contribution in [3.63, 3.8) is 0 Å². The molecule has 1 aromatic heterocycles. The molecule has 0 saturated heterocycles. The van der Waals surface area contributed by atoms with Gasteiger partial charge in [-0.1, -0.05) is 42.1 Å². The van der Waals surface area contributed by atoms with E-state index in [2.05, 4.69) is 10.1 Å². The minimum atomic E-state index is 0.0195. The number of hydrogen-bond donors (Lipinski definition) is 0. The number of methoxy groups -OCH3 is 1. The molecule has 1 amide bonds. The quantitative estimate of drug-likeness (QED) is 0.575. The number of nitrogens with zero attached hydrogens (tertiary/aromatic N) is 3. The number of hydrogen-bond acceptors (Lipinski definition) is 5. The smallest absolute Gasteiger partial charge is 0.254 e. The summed E-state index contributed by atoms with van der Waals surface area (Å²) in [6.45, 7) is 2.34. The molecule has 30 heavy (non-hydrogen) atoms. The number of ether oxygens (including phenoxy) is 1. The van der Waals surface area contributed by atoms with E-state index < -0.39 is 0 Å². The molecule has 6 nitrogen and oxygen atoms in total. The lowest BCUT2D eigenvalue weighted by Crippen LogP contribution is -2.41. The summed E-state index contributed by atoms with van der Waals surface area (Å²) in [4.78, 5) is 19.8. The van der Waals surface area contributed by atoms with Crippen molar-refractivity contribution in [1.82, 2.24) is 15.0 Å². The maximum atomic E-state index is 13.3. The fraction of sp³-hybridized carbons (Fsp3) is 0.375. The lowest BCUT2D eigenvalue weighted by Gasteiger charge is -2.33. The largest absolute Gasteiger partial charge is 0.497 e. The van der Waals surface area contributed by atoms with E-state index in [-0.39, 0.29) is 11.9 Å². The number of amides is 1. The molecule has 4 rings (SSSR count). The molecule has 0 unspecified atom stereocenters. The molecular formula is C24H27N3O3. The van der Waals surface area contributed by atoms with Gasteiger partial charge in [0, 0.05) is 17.2 Å². The predicted octanol–water partition coefficient (Wildman–Crippen LogP) is 5.03. The molecular weight excluding hydrogens is 378 g/mol. The average molecular weight is 405 g/mol. The Balaban J connectivity index is 1.56. The van der Waals surface area contributed by atoms with Crippen LogP contribution in [0, 0.1) is 6.92 Å². The fourth-order valence-corrected chi connectivity index (χ4v) is 3.94. The Morgan fingerprint density at radius 3 is 2.43 bits per heavy atom. The van der Waals surface area contributed by atoms with Crippen LogP contribution in [0.5, 0.6) is 5.75 Å². The molecule has 6 heteroatoms. The van der Waals surface area contributed by atoms with Gasteiger partial charge in [-0.05, 0) is 56.2 Å². The fourth-order valence-electron chi connectivity index (χ4n) is 3.94. The third-order valence-electron chi connectivity index (χ3n) is 5.70. The number of carbonyl (C=O) groups is 1. The summed E-state index contributed by atoms with van der Waals surface area (Å²) in [5, 5.41) is 4.12. The second kappa shape index (κ2) is 9.11. The standard InChI is InChI=1S/C24H27N3O3/c1-17-8-10-19(11-9-17)24(28)27(20-6-4-3-5-7-20)16-22-25-23(26-30-22)18-12-14-21(29-2)15-13-18/h8-15,20H,3-7,16H2,1-2H3. The zero-order valence-electron chi connectivity index (χ0n) is 17.5. The van der Waals surface area contributed by atoms with Crippen LogP contribution < -0.4 is 4.74 Å². The number of carbonyl (C=O) groups excluding carboxylic acids is 1. The van der Waals surface area contributed by atoms with Crippen LogP contribution in [0.15, 0.2) is 53.1 Å². The van der Waals surface area contributed by atoms with Crippen molar-refractivity contribution >= 4 is 5.91 Å². The minimum absolute atomic E-state index is 0.0195. The Hall–Kier alpha value is -3.15. The Kier molecular flexibility index (Phi) is 6.12. The van der Waals surface area contributed by atoms with Gasteiger partial charge in [-0.2, -0.15) is 4.98 Å². The summed E-state index contributed by atoms with van der Waals surface area (Å²) in [5.74, 6) is 1.76. The third-order valence-corrected chi connectivity index (χ3v) is 5.70. The molecule has 1 saturated carbocycles. The van der Waals surface area contributed by atoms with Crippen LogP contribution in [-0.4, -0.2) is 34.1 Å². The van der Waals surface area contributed by atoms with Crippen LogP contribution in [0.3, 0.4) is 0 Å². The zero-order chi connectivity index (χ0) is 20.9. The first-order valence-corrected chi connectivity index (χ1v) is 10.5. The van der Waals surface area contributed by atoms with Crippen LogP contribution in [-0.2, 0) is 6.54 Å². The molecule has 156 valence electrons. The van der Waals surface area contributed by atoms with Gasteiger partial charge in [0.2, 0.25) is 11.7 Å². The highest BCUT2D eigenvalue weighted by Crippen LogP contribution is 2.26. The zero-order valence-corrected chi connectivity index (χ0v) is 17.5. The highest BCUT2D eigenvalue weighted by molar-refractivity contribution is 5.94. The molecule has 0 atom stereocenters. The molecule has 2 aromatic carbocycles. The van der Waals surface area contributed by atoms with Crippen molar-refractivity contribution in [1.29, 1.82) is 0 Å². The Bertz CT molecular complexity index is 974. The number of benzene rings is 2. The summed E-state index contributed by atoms with van der Waals surface area (Å²) in [7, 11) is 1.63. The lowest BCUT2D eigenvalue weighted by molar-refractivity contribution is 0.0586. The molecule has 1 heterocycles. The maximum Gasteiger partial charge on any atom is 0.254 e. The van der Waals surface area contributed by atoms with Crippen LogP contribution in [0.25, 0.3) is 11.4 Å². The van der Waals surface area contributed by atoms with Gasteiger partial charge in [-0.15, -0.1) is 0 Å². The topological polar surface area (TPSA) is 68.5 Å². The first-order chi connectivity index (χ1) is 14.6. The second-order valence-corrected chi connectivity index (χ2v) is 7.83. The van der Waals surface area contributed by atoms with Crippen molar-refractivity contribution in [2.24, 2.45) is 0 Å². The van der Waals surface area contributed by atoms with Crippen LogP contribution in [0.4, 0.5) is 0 Å². The van der Waals surface area contributed by atoms with E-state index in [9.17, 15) is 4.79 Å². The Labute approximate surface area is 176 Å². The monoisotopic (exact) mass is 405 g/mol. The minimum Gasteiger partial charge on any atom is -0.497 e. The molecule has 0 bridgehead atoms. The molecule has 0 spiro atoms. The summed E-state index contributed by atoms with van der Waals surface area (Å²) < 4.78 is 10.7. The maximum absolute atomic E-state index is 13.3. The van der Waals surface area contributed by atoms with Crippen molar-refractivity contribution in [3.8, 4) is 17.1 Å². The van der Waals surface area contributed by atoms with Crippen molar-refractivity contribution in [2.75, 3.05) is 7.11 Å². The van der Waals surface area contributed by atoms with Crippen LogP contribution in [0.2, 0.25) is 0 Å². The van der Waals surface area contributed by atoms with Gasteiger partial charge in [0.15, 0.2) is 0 Å². The molecule has 3 aromatic rings. The predicted molar refractivity (Wildman–Crippen MR) is 114 cm³/mol. The summed E-state index contributed by atoms with van der Waals surface area (Å²) in [5.41, 5.74) is 2.68. The summed E-state index contributed by atoms with van der Waals surface area (Å²) in [6, 6.07) is 15.4. The lowest BCUT2D eigenvalue weighted by atomic mass is 9.93. The molecule has 0 aliphatic heterocycles. The van der Waals surface area contributed by atoms with Crippen molar-refractivity contribution in [3.05, 3.63) is 65.5 Å². The summed E-state index contributed by atoms with van der Waals surface area (Å²) >= 11 is 0. The van der Waals surface area contributed by atoms with Gasteiger partial charge in [0.05, 0.1) is 7.11 Å². The molecule has 1 fully saturated rings. The van der Waals surface area contributed by atoms with Crippen LogP contribution >= 0.6 is 0 Å². The van der Waals surface area contributed by atoms with E-state index in [1.165, 1.54) is 6.42 Å². The van der Waals surface area contributed by atoms with Crippen molar-refractivity contribution < 1.29 is 14.1 Å². The third kappa shape index (κ3) is 4.53. The van der Waals surface area contributed by atoms with E-state index in [0.29, 0.717) is 23.8 Å². The van der Waals surface area contributed by atoms with E-state index in [1.807, 2.05) is 60.4 Å². The molecule has 0 N–H and O–H groups in total.